The Kier molecular flexibility index (Phi) is 6.85. The minimum Gasteiger partial charge on any atom is -0.347 e. The van der Waals surface area contributed by atoms with E-state index in [-0.39, 0.29) is 23.0 Å². The second kappa shape index (κ2) is 9.26. The number of hydrogen-bond donors (Lipinski definition) is 1. The Hall–Kier alpha value is -2.67. The first kappa shape index (κ1) is 27.4. The van der Waals surface area contributed by atoms with Crippen LogP contribution >= 0.6 is 0 Å². The highest BCUT2D eigenvalue weighted by atomic mass is 32.2. The Labute approximate surface area is 208 Å². The lowest BCUT2D eigenvalue weighted by molar-refractivity contribution is -0.140. The normalized spacial score (nSPS) is 16.1. The summed E-state index contributed by atoms with van der Waals surface area (Å²) in [6.07, 6.45) is -5.81. The van der Waals surface area contributed by atoms with Crippen LogP contribution in [0.25, 0.3) is 22.0 Å². The summed E-state index contributed by atoms with van der Waals surface area (Å²) in [5, 5.41) is -0.929. The smallest absolute Gasteiger partial charge is 0.347 e. The zero-order valence-electron chi connectivity index (χ0n) is 20.0. The highest BCUT2D eigenvalue weighted by Gasteiger charge is 2.41. The van der Waals surface area contributed by atoms with Gasteiger partial charge in [0.1, 0.15) is 17.7 Å². The Morgan fingerprint density at radius 1 is 1.11 bits per heavy atom. The minimum atomic E-state index is -5.10. The molecule has 0 amide bonds. The minimum absolute atomic E-state index is 0.0361. The average molecular weight is 552 g/mol. The molecule has 202 valence electrons. The fourth-order valence-corrected chi connectivity index (χ4v) is 5.76. The molecule has 3 aromatic rings. The van der Waals surface area contributed by atoms with E-state index in [0.29, 0.717) is 25.1 Å². The number of alkyl halides is 5. The molecule has 0 spiro atoms. The van der Waals surface area contributed by atoms with Crippen LogP contribution < -0.4 is 4.72 Å². The number of sulfonamides is 1. The van der Waals surface area contributed by atoms with Crippen molar-refractivity contribution in [3.8, 4) is 11.1 Å². The van der Waals surface area contributed by atoms with Gasteiger partial charge in [-0.25, -0.2) is 30.7 Å². The van der Waals surface area contributed by atoms with Crippen LogP contribution in [-0.4, -0.2) is 29.6 Å². The lowest BCUT2D eigenvalue weighted by Crippen LogP contribution is -2.35. The number of aromatic nitrogens is 2. The number of fused-ring (bicyclic) bond motifs is 1. The Bertz CT molecular complexity index is 1440. The van der Waals surface area contributed by atoms with E-state index in [0.717, 1.165) is 12.1 Å². The maximum atomic E-state index is 15.3. The van der Waals surface area contributed by atoms with Gasteiger partial charge in [-0.05, 0) is 36.5 Å². The van der Waals surface area contributed by atoms with Gasteiger partial charge in [-0.3, -0.25) is 4.98 Å². The van der Waals surface area contributed by atoms with Crippen LogP contribution in [0.1, 0.15) is 50.9 Å². The summed E-state index contributed by atoms with van der Waals surface area (Å²) < 4.78 is 127. The summed E-state index contributed by atoms with van der Waals surface area (Å²) in [6, 6.07) is 0.313. The van der Waals surface area contributed by atoms with Crippen LogP contribution in [0.4, 0.5) is 30.7 Å². The first-order valence-electron chi connectivity index (χ1n) is 11.3. The molecule has 1 aliphatic carbocycles. The van der Waals surface area contributed by atoms with E-state index in [1.165, 1.54) is 10.8 Å². The van der Waals surface area contributed by atoms with Gasteiger partial charge in [-0.2, -0.15) is 13.2 Å². The molecule has 1 aliphatic rings. The lowest BCUT2D eigenvalue weighted by atomic mass is 9.96. The van der Waals surface area contributed by atoms with Gasteiger partial charge in [0.15, 0.2) is 5.69 Å². The van der Waals surface area contributed by atoms with Crippen molar-refractivity contribution in [3.63, 3.8) is 0 Å². The zero-order chi connectivity index (χ0) is 27.5. The van der Waals surface area contributed by atoms with Crippen LogP contribution in [0.2, 0.25) is 0 Å². The molecule has 0 saturated heterocycles. The highest BCUT2D eigenvalue weighted by Crippen LogP contribution is 2.41. The van der Waals surface area contributed by atoms with Crippen LogP contribution in [0.3, 0.4) is 0 Å². The average Bonchev–Trinajstić information content (AvgIpc) is 3.56. The van der Waals surface area contributed by atoms with Gasteiger partial charge in [0.25, 0.3) is 6.43 Å². The molecule has 37 heavy (non-hydrogen) atoms. The first-order chi connectivity index (χ1) is 17.0. The third-order valence-electron chi connectivity index (χ3n) is 5.92. The largest absolute Gasteiger partial charge is 0.434 e. The molecule has 1 N–H and O–H groups in total. The summed E-state index contributed by atoms with van der Waals surface area (Å²) in [6.45, 7) is 5.59. The molecule has 0 aliphatic heterocycles. The number of rotatable bonds is 7. The molecule has 13 heteroatoms. The van der Waals surface area contributed by atoms with Gasteiger partial charge < -0.3 is 4.57 Å². The summed E-state index contributed by atoms with van der Waals surface area (Å²) in [5.74, 6) is -2.67. The van der Waals surface area contributed by atoms with Gasteiger partial charge in [0.2, 0.25) is 10.0 Å². The van der Waals surface area contributed by atoms with Crippen LogP contribution in [-0.2, 0) is 22.7 Å². The quantitative estimate of drug-likeness (QED) is 0.344. The van der Waals surface area contributed by atoms with E-state index >= 15 is 4.39 Å². The van der Waals surface area contributed by atoms with E-state index in [4.69, 9.17) is 0 Å². The fourth-order valence-electron chi connectivity index (χ4n) is 4.23. The van der Waals surface area contributed by atoms with Crippen LogP contribution in [0.5, 0.6) is 0 Å². The Balaban J connectivity index is 1.97. The standard InChI is InChI=1S/C24H24F7N3O2S/c1-23(2,3)11-34-10-15(20(22(27)28)33-37(35,36)12-4-5-12)13-8-17(26)14(9-18(13)34)19-16(25)6-7-32-21(19)24(29,30)31/h6-10,12,20,22,33H,4-5,11H2,1-3H3/t20-/m0/s1. The molecule has 2 aromatic heterocycles. The topological polar surface area (TPSA) is 64.0 Å². The van der Waals surface area contributed by atoms with E-state index < -0.39 is 67.8 Å². The molecule has 1 saturated carbocycles. The third-order valence-corrected chi connectivity index (χ3v) is 7.86. The van der Waals surface area contributed by atoms with Crippen molar-refractivity contribution in [2.24, 2.45) is 5.41 Å². The predicted octanol–water partition coefficient (Wildman–Crippen LogP) is 6.43. The number of pyridine rings is 1. The molecular weight excluding hydrogens is 527 g/mol. The van der Waals surface area contributed by atoms with Gasteiger partial charge in [-0.1, -0.05) is 20.8 Å². The molecule has 0 radical (unpaired) electrons. The number of hydrogen-bond acceptors (Lipinski definition) is 3. The number of halogens is 7. The Morgan fingerprint density at radius 3 is 2.30 bits per heavy atom. The molecule has 2 heterocycles. The van der Waals surface area contributed by atoms with Crippen molar-refractivity contribution in [2.75, 3.05) is 0 Å². The summed E-state index contributed by atoms with van der Waals surface area (Å²) in [7, 11) is -4.08. The molecule has 1 fully saturated rings. The van der Waals surface area contributed by atoms with Crippen molar-refractivity contribution < 1.29 is 39.2 Å². The summed E-state index contributed by atoms with van der Waals surface area (Å²) >= 11 is 0. The highest BCUT2D eigenvalue weighted by molar-refractivity contribution is 7.90. The molecule has 0 unspecified atom stereocenters. The molecule has 5 nitrogen and oxygen atoms in total. The molecule has 1 aromatic carbocycles. The second-order valence-electron chi connectivity index (χ2n) is 10.3. The monoisotopic (exact) mass is 551 g/mol. The van der Waals surface area contributed by atoms with E-state index in [9.17, 15) is 34.8 Å². The SMILES string of the molecule is CC(C)(C)Cn1cc([C@H](NS(=O)(=O)C2CC2)C(F)F)c2cc(F)c(-c3c(F)ccnc3C(F)(F)F)cc21. The van der Waals surface area contributed by atoms with Crippen LogP contribution in [0.15, 0.2) is 30.6 Å². The van der Waals surface area contributed by atoms with Gasteiger partial charge in [0.05, 0.1) is 10.8 Å². The second-order valence-corrected chi connectivity index (χ2v) is 12.3. The van der Waals surface area contributed by atoms with Crippen molar-refractivity contribution in [3.05, 3.63) is 53.5 Å². The zero-order valence-corrected chi connectivity index (χ0v) is 20.8. The number of benzene rings is 1. The maximum absolute atomic E-state index is 15.3. The summed E-state index contributed by atoms with van der Waals surface area (Å²) in [5.41, 5.74) is -4.18. The predicted molar refractivity (Wildman–Crippen MR) is 123 cm³/mol. The van der Waals surface area contributed by atoms with Crippen molar-refractivity contribution in [1.82, 2.24) is 14.3 Å². The first-order valence-corrected chi connectivity index (χ1v) is 12.9. The van der Waals surface area contributed by atoms with Crippen LogP contribution in [0, 0.1) is 17.0 Å². The van der Waals surface area contributed by atoms with Crippen molar-refractivity contribution in [1.29, 1.82) is 0 Å². The fraction of sp³-hybridized carbons (Fsp3) is 0.458. The van der Waals surface area contributed by atoms with E-state index in [1.807, 2.05) is 25.5 Å². The summed E-state index contributed by atoms with van der Waals surface area (Å²) in [4.78, 5) is 3.20. The maximum Gasteiger partial charge on any atom is 0.434 e. The van der Waals surface area contributed by atoms with Gasteiger partial charge >= 0.3 is 6.18 Å². The molecule has 1 atom stereocenters. The lowest BCUT2D eigenvalue weighted by Gasteiger charge is -2.20. The molecular formula is C24H24F7N3O2S. The van der Waals surface area contributed by atoms with E-state index in [2.05, 4.69) is 4.98 Å². The van der Waals surface area contributed by atoms with Crippen molar-refractivity contribution >= 4 is 20.9 Å². The number of nitrogens with zero attached hydrogens (tertiary/aromatic N) is 2. The Morgan fingerprint density at radius 2 is 1.76 bits per heavy atom. The number of nitrogens with one attached hydrogen (secondary N) is 1. The third kappa shape index (κ3) is 5.62. The molecule has 4 rings (SSSR count). The van der Waals surface area contributed by atoms with Gasteiger partial charge in [0, 0.05) is 41.0 Å². The molecule has 0 bridgehead atoms. The van der Waals surface area contributed by atoms with E-state index in [1.54, 1.807) is 0 Å². The van der Waals surface area contributed by atoms with Gasteiger partial charge in [-0.15, -0.1) is 0 Å². The van der Waals surface area contributed by atoms with Crippen molar-refractivity contribution in [2.45, 2.75) is 64.1 Å².